The Labute approximate surface area is 98.2 Å². The van der Waals surface area contributed by atoms with Crippen LogP contribution in [-0.4, -0.2) is 35.5 Å². The number of hydrogen-bond acceptors (Lipinski definition) is 3. The normalized spacial score (nSPS) is 39.6. The monoisotopic (exact) mass is 227 g/mol. The molecule has 0 radical (unpaired) electrons. The highest BCUT2D eigenvalue weighted by atomic mass is 16.3. The van der Waals surface area contributed by atoms with Gasteiger partial charge in [0.2, 0.25) is 0 Å². The van der Waals surface area contributed by atoms with Gasteiger partial charge in [-0.05, 0) is 44.7 Å². The fourth-order valence-electron chi connectivity index (χ4n) is 3.68. The summed E-state index contributed by atoms with van der Waals surface area (Å²) in [5, 5.41) is 24.0. The van der Waals surface area contributed by atoms with Gasteiger partial charge in [0, 0.05) is 5.41 Å². The first-order valence-corrected chi connectivity index (χ1v) is 6.66. The van der Waals surface area contributed by atoms with Crippen LogP contribution in [0.5, 0.6) is 0 Å². The predicted octanol–water partition coefficient (Wildman–Crippen LogP) is 1.29. The molecule has 1 saturated carbocycles. The van der Waals surface area contributed by atoms with E-state index < -0.39 is 5.60 Å². The molecule has 0 amide bonds. The molecule has 0 aromatic heterocycles. The van der Waals surface area contributed by atoms with E-state index in [0.717, 1.165) is 45.2 Å². The number of aliphatic hydroxyl groups is 2. The lowest BCUT2D eigenvalue weighted by atomic mass is 9.59. The van der Waals surface area contributed by atoms with Crippen molar-refractivity contribution in [3.05, 3.63) is 0 Å². The summed E-state index contributed by atoms with van der Waals surface area (Å²) in [7, 11) is 0. The maximum Gasteiger partial charge on any atom is 0.0729 e. The molecular formula is C13H25NO2. The van der Waals surface area contributed by atoms with Crippen LogP contribution < -0.4 is 5.32 Å². The summed E-state index contributed by atoms with van der Waals surface area (Å²) < 4.78 is 0. The summed E-state index contributed by atoms with van der Waals surface area (Å²) >= 11 is 0. The molecule has 0 spiro atoms. The van der Waals surface area contributed by atoms with Crippen molar-refractivity contribution in [2.45, 2.75) is 51.0 Å². The minimum absolute atomic E-state index is 0.137. The van der Waals surface area contributed by atoms with Crippen LogP contribution >= 0.6 is 0 Å². The molecule has 3 nitrogen and oxygen atoms in total. The molecule has 1 aliphatic heterocycles. The minimum Gasteiger partial charge on any atom is -0.396 e. The fourth-order valence-corrected chi connectivity index (χ4v) is 3.68. The van der Waals surface area contributed by atoms with Crippen molar-refractivity contribution in [1.29, 1.82) is 0 Å². The van der Waals surface area contributed by atoms with E-state index in [1.54, 1.807) is 0 Å². The van der Waals surface area contributed by atoms with Crippen molar-refractivity contribution in [2.24, 2.45) is 11.3 Å². The average Bonchev–Trinajstić information content (AvgIpc) is 2.29. The smallest absolute Gasteiger partial charge is 0.0729 e. The van der Waals surface area contributed by atoms with Gasteiger partial charge in [-0.15, -0.1) is 0 Å². The first-order chi connectivity index (χ1) is 7.62. The second-order valence-electron chi connectivity index (χ2n) is 5.92. The molecule has 16 heavy (non-hydrogen) atoms. The summed E-state index contributed by atoms with van der Waals surface area (Å²) in [5.74, 6) is 0.595. The Morgan fingerprint density at radius 3 is 2.50 bits per heavy atom. The van der Waals surface area contributed by atoms with E-state index in [4.69, 9.17) is 0 Å². The Morgan fingerprint density at radius 1 is 1.25 bits per heavy atom. The maximum atomic E-state index is 10.9. The van der Waals surface area contributed by atoms with Gasteiger partial charge in [-0.25, -0.2) is 0 Å². The van der Waals surface area contributed by atoms with Crippen molar-refractivity contribution in [3.8, 4) is 0 Å². The van der Waals surface area contributed by atoms with E-state index >= 15 is 0 Å². The molecule has 2 atom stereocenters. The van der Waals surface area contributed by atoms with Gasteiger partial charge in [0.15, 0.2) is 0 Å². The van der Waals surface area contributed by atoms with Crippen molar-refractivity contribution < 1.29 is 10.2 Å². The SMILES string of the molecule is CC1CCCC(O)(C2(CO)CCNCC2)C1. The summed E-state index contributed by atoms with van der Waals surface area (Å²) in [4.78, 5) is 0. The van der Waals surface area contributed by atoms with E-state index in [9.17, 15) is 10.2 Å². The fraction of sp³-hybridized carbons (Fsp3) is 1.00. The van der Waals surface area contributed by atoms with E-state index in [-0.39, 0.29) is 12.0 Å². The number of hydrogen-bond donors (Lipinski definition) is 3. The molecule has 3 heteroatoms. The quantitative estimate of drug-likeness (QED) is 0.666. The van der Waals surface area contributed by atoms with Crippen LogP contribution in [0.25, 0.3) is 0 Å². The third kappa shape index (κ3) is 2.01. The van der Waals surface area contributed by atoms with Gasteiger partial charge < -0.3 is 15.5 Å². The van der Waals surface area contributed by atoms with Crippen LogP contribution in [0.2, 0.25) is 0 Å². The predicted molar refractivity (Wildman–Crippen MR) is 64.2 cm³/mol. The summed E-state index contributed by atoms with van der Waals surface area (Å²) in [6.45, 7) is 4.21. The minimum atomic E-state index is -0.623. The van der Waals surface area contributed by atoms with Crippen LogP contribution in [0, 0.1) is 11.3 Å². The van der Waals surface area contributed by atoms with Gasteiger partial charge in [0.25, 0.3) is 0 Å². The van der Waals surface area contributed by atoms with Gasteiger partial charge >= 0.3 is 0 Å². The highest BCUT2D eigenvalue weighted by Gasteiger charge is 2.51. The highest BCUT2D eigenvalue weighted by molar-refractivity contribution is 5.03. The van der Waals surface area contributed by atoms with E-state index in [1.165, 1.54) is 6.42 Å². The third-order valence-corrected chi connectivity index (χ3v) is 4.82. The third-order valence-electron chi connectivity index (χ3n) is 4.82. The average molecular weight is 227 g/mol. The number of aliphatic hydroxyl groups excluding tert-OH is 1. The van der Waals surface area contributed by atoms with Crippen molar-refractivity contribution in [2.75, 3.05) is 19.7 Å². The molecule has 94 valence electrons. The summed E-state index contributed by atoms with van der Waals surface area (Å²) in [6.07, 6.45) is 5.89. The molecular weight excluding hydrogens is 202 g/mol. The lowest BCUT2D eigenvalue weighted by Gasteiger charge is -2.52. The molecule has 2 fully saturated rings. The molecule has 1 aliphatic carbocycles. The lowest BCUT2D eigenvalue weighted by molar-refractivity contribution is -0.151. The van der Waals surface area contributed by atoms with Crippen LogP contribution in [0.15, 0.2) is 0 Å². The Kier molecular flexibility index (Phi) is 3.57. The number of rotatable bonds is 2. The van der Waals surface area contributed by atoms with Gasteiger partial charge in [-0.2, -0.15) is 0 Å². The Balaban J connectivity index is 2.17. The van der Waals surface area contributed by atoms with E-state index in [0.29, 0.717) is 5.92 Å². The van der Waals surface area contributed by atoms with E-state index in [1.807, 2.05) is 0 Å². The first-order valence-electron chi connectivity index (χ1n) is 6.66. The topological polar surface area (TPSA) is 52.5 Å². The van der Waals surface area contributed by atoms with Gasteiger partial charge in [0.1, 0.15) is 0 Å². The summed E-state index contributed by atoms with van der Waals surface area (Å²) in [6, 6.07) is 0. The lowest BCUT2D eigenvalue weighted by Crippen LogP contribution is -2.57. The molecule has 0 aromatic carbocycles. The number of piperidine rings is 1. The molecule has 1 heterocycles. The van der Waals surface area contributed by atoms with Crippen LogP contribution in [0.4, 0.5) is 0 Å². The largest absolute Gasteiger partial charge is 0.396 e. The molecule has 2 rings (SSSR count). The second-order valence-corrected chi connectivity index (χ2v) is 5.92. The van der Waals surface area contributed by atoms with Gasteiger partial charge in [-0.1, -0.05) is 19.8 Å². The second kappa shape index (κ2) is 4.63. The first kappa shape index (κ1) is 12.3. The zero-order valence-electron chi connectivity index (χ0n) is 10.3. The molecule has 3 N–H and O–H groups in total. The van der Waals surface area contributed by atoms with Crippen LogP contribution in [-0.2, 0) is 0 Å². The van der Waals surface area contributed by atoms with Crippen LogP contribution in [0.1, 0.15) is 45.4 Å². The van der Waals surface area contributed by atoms with Gasteiger partial charge in [0.05, 0.1) is 12.2 Å². The molecule has 2 aliphatic rings. The van der Waals surface area contributed by atoms with Crippen molar-refractivity contribution >= 4 is 0 Å². The zero-order chi connectivity index (χ0) is 11.6. The van der Waals surface area contributed by atoms with Crippen molar-refractivity contribution in [3.63, 3.8) is 0 Å². The Morgan fingerprint density at radius 2 is 1.94 bits per heavy atom. The van der Waals surface area contributed by atoms with Gasteiger partial charge in [-0.3, -0.25) is 0 Å². The Hall–Kier alpha value is -0.120. The van der Waals surface area contributed by atoms with Crippen molar-refractivity contribution in [1.82, 2.24) is 5.32 Å². The van der Waals surface area contributed by atoms with Crippen LogP contribution in [0.3, 0.4) is 0 Å². The van der Waals surface area contributed by atoms with E-state index in [2.05, 4.69) is 12.2 Å². The Bertz CT molecular complexity index is 238. The zero-order valence-corrected chi connectivity index (χ0v) is 10.3. The highest BCUT2D eigenvalue weighted by Crippen LogP contribution is 2.48. The molecule has 0 bridgehead atoms. The molecule has 2 unspecified atom stereocenters. The standard InChI is InChI=1S/C13H25NO2/c1-11-3-2-4-13(16,9-11)12(10-15)5-7-14-8-6-12/h11,14-16H,2-10H2,1H3. The molecule has 1 saturated heterocycles. The summed E-state index contributed by atoms with van der Waals surface area (Å²) in [5.41, 5.74) is -0.867. The molecule has 0 aromatic rings. The number of nitrogens with one attached hydrogen (secondary N) is 1. The maximum absolute atomic E-state index is 10.9.